The summed E-state index contributed by atoms with van der Waals surface area (Å²) in [6.07, 6.45) is 5.19. The second-order valence-corrected chi connectivity index (χ2v) is 16.9. The highest BCUT2D eigenvalue weighted by Crippen LogP contribution is 2.38. The predicted molar refractivity (Wildman–Crippen MR) is 220 cm³/mol. The van der Waals surface area contributed by atoms with Gasteiger partial charge < -0.3 is 19.5 Å². The number of halogens is 2. The number of carbonyl (C=O) groups is 1. The molecular weight excluding hydrogens is 823 g/mol. The molecule has 0 atom stereocenters. The molecule has 2 aromatic carbocycles. The molecule has 4 N–H and O–H groups in total. The minimum Gasteiger partial charge on any atom is -0.387 e. The van der Waals surface area contributed by atoms with E-state index in [2.05, 4.69) is 20.0 Å². The maximum Gasteiger partial charge on any atom is 0.332 e. The molecule has 0 aliphatic heterocycles. The van der Waals surface area contributed by atoms with E-state index in [9.17, 15) is 30.4 Å². The summed E-state index contributed by atoms with van der Waals surface area (Å²) >= 11 is 0. The molecule has 2 amide bonds. The van der Waals surface area contributed by atoms with Crippen LogP contribution in [0.1, 0.15) is 74.9 Å². The van der Waals surface area contributed by atoms with Crippen LogP contribution in [0.25, 0.3) is 22.3 Å². The maximum atomic E-state index is 14.3. The second-order valence-electron chi connectivity index (χ2n) is 13.3. The number of primary sulfonamides is 1. The molecule has 0 fully saturated rings. The van der Waals surface area contributed by atoms with Crippen LogP contribution >= 0.6 is 0 Å². The Labute approximate surface area is 349 Å². The summed E-state index contributed by atoms with van der Waals surface area (Å²) in [7, 11) is -4.18. The monoisotopic (exact) mass is 868 g/mol. The van der Waals surface area contributed by atoms with Crippen LogP contribution in [0, 0.1) is 45.8 Å². The first-order valence-corrected chi connectivity index (χ1v) is 21.4. The highest BCUT2D eigenvalue weighted by Gasteiger charge is 2.21. The fourth-order valence-electron chi connectivity index (χ4n) is 5.32. The molecule has 16 nitrogen and oxygen atoms in total. The van der Waals surface area contributed by atoms with Gasteiger partial charge >= 0.3 is 6.03 Å². The van der Waals surface area contributed by atoms with Gasteiger partial charge in [0.1, 0.15) is 35.2 Å². The van der Waals surface area contributed by atoms with Gasteiger partial charge in [-0.25, -0.2) is 50.2 Å². The Balaban J connectivity index is 0.000000357. The van der Waals surface area contributed by atoms with Crippen molar-refractivity contribution in [2.75, 3.05) is 44.3 Å². The fourth-order valence-corrected chi connectivity index (χ4v) is 6.77. The number of anilines is 1. The number of nitrogens with one attached hydrogen (secondary N) is 2. The number of hydrogen-bond donors (Lipinski definition) is 3. The van der Waals surface area contributed by atoms with E-state index in [-0.39, 0.29) is 53.4 Å². The number of nitriles is 3. The average Bonchev–Trinajstić information content (AvgIpc) is 3.18. The molecule has 2 aromatic heterocycles. The van der Waals surface area contributed by atoms with Gasteiger partial charge in [0.25, 0.3) is 6.26 Å². The Morgan fingerprint density at radius 2 is 1.25 bits per heavy atom. The van der Waals surface area contributed by atoms with E-state index in [1.54, 1.807) is 18.4 Å². The van der Waals surface area contributed by atoms with Crippen molar-refractivity contribution >= 4 is 31.8 Å². The van der Waals surface area contributed by atoms with Gasteiger partial charge in [-0.1, -0.05) is 27.7 Å². The van der Waals surface area contributed by atoms with Crippen molar-refractivity contribution in [3.05, 3.63) is 95.1 Å². The number of aromatic nitrogens is 2. The molecule has 0 saturated carbocycles. The molecule has 60 heavy (non-hydrogen) atoms. The fraction of sp³-hybridized carbons (Fsp3) is 0.350. The average molecular weight is 869 g/mol. The number of hydrogen-bond acceptors (Lipinski definition) is 13. The normalized spacial score (nSPS) is 10.9. The van der Waals surface area contributed by atoms with Crippen LogP contribution < -0.4 is 19.9 Å². The van der Waals surface area contributed by atoms with Gasteiger partial charge in [0.2, 0.25) is 20.0 Å². The number of amides is 2. The van der Waals surface area contributed by atoms with E-state index >= 15 is 0 Å². The van der Waals surface area contributed by atoms with Gasteiger partial charge in [0.15, 0.2) is 5.75 Å². The summed E-state index contributed by atoms with van der Waals surface area (Å²) in [5.74, 6) is -1.11. The number of rotatable bonds is 15. The molecule has 0 bridgehead atoms. The van der Waals surface area contributed by atoms with Gasteiger partial charge in [-0.2, -0.15) is 10.5 Å². The molecule has 0 aliphatic rings. The van der Waals surface area contributed by atoms with E-state index in [0.717, 1.165) is 0 Å². The number of methoxy groups -OCH3 is 2. The summed E-state index contributed by atoms with van der Waals surface area (Å²) < 4.78 is 89.2. The zero-order valence-electron chi connectivity index (χ0n) is 33.8. The Morgan fingerprint density at radius 1 is 0.767 bits per heavy atom. The number of benzene rings is 2. The number of sulfonamides is 2. The third kappa shape index (κ3) is 16.6. The molecule has 4 aromatic rings. The first kappa shape index (κ1) is 50.1. The quantitative estimate of drug-likeness (QED) is 0.0861. The van der Waals surface area contributed by atoms with Crippen molar-refractivity contribution in [3.8, 4) is 46.4 Å². The van der Waals surface area contributed by atoms with E-state index in [1.165, 1.54) is 63.0 Å². The predicted octanol–water partition coefficient (Wildman–Crippen LogP) is 6.42. The molecular formula is C40H46F2N8O8S2. The SMILES string of the molecule is CC(C)c1cc(F)cc(-c2ccnc(C#N)c2)c1OC#N.COCCCS(=O)(=O)NC(=O)Nc1c(-c2ccnc(C#N)c2)cc(F)cc1C(C)C.COCCCS(N)(=O)=O. The molecule has 4 rings (SSSR count). The van der Waals surface area contributed by atoms with Gasteiger partial charge in [-0.3, -0.25) is 0 Å². The maximum absolute atomic E-state index is 14.3. The molecule has 0 spiro atoms. The van der Waals surface area contributed by atoms with Crippen LogP contribution in [-0.4, -0.2) is 71.8 Å². The number of pyridine rings is 2. The smallest absolute Gasteiger partial charge is 0.332 e. The Hall–Kier alpha value is -6.08. The van der Waals surface area contributed by atoms with Gasteiger partial charge in [-0.15, -0.1) is 5.26 Å². The molecule has 320 valence electrons. The standard InChI is InChI=1S/C20H23FN4O4S.C16H12FN3O.C4H11NO3S/c1-13(2)17-10-15(21)11-18(14-5-6-23-16(9-14)12-22)19(17)24-20(26)25-30(27,28)8-4-7-29-3;1-10(2)14-6-12(17)7-15(16(14)21-9-19)11-3-4-20-13(5-11)8-18;1-8-3-2-4-9(5,6)7/h5-6,9-11,13H,4,7-8H2,1-3H3,(H2,24,25,26);3-7,10H,1-2H3;2-4H2,1H3,(H2,5,6,7). The minimum atomic E-state index is -3.87. The van der Waals surface area contributed by atoms with Crippen molar-refractivity contribution in [2.45, 2.75) is 52.4 Å². The van der Waals surface area contributed by atoms with E-state index in [0.29, 0.717) is 52.2 Å². The highest BCUT2D eigenvalue weighted by atomic mass is 32.2. The number of urea groups is 1. The van der Waals surface area contributed by atoms with Gasteiger partial charge in [0, 0.05) is 56.5 Å². The third-order valence-corrected chi connectivity index (χ3v) is 10.2. The summed E-state index contributed by atoms with van der Waals surface area (Å²) in [6, 6.07) is 14.2. The lowest BCUT2D eigenvalue weighted by molar-refractivity contribution is 0.199. The summed E-state index contributed by atoms with van der Waals surface area (Å²) in [5.41, 5.74) is 3.45. The van der Waals surface area contributed by atoms with Crippen molar-refractivity contribution in [3.63, 3.8) is 0 Å². The Morgan fingerprint density at radius 3 is 1.72 bits per heavy atom. The largest absolute Gasteiger partial charge is 0.387 e. The number of ether oxygens (including phenoxy) is 3. The topological polar surface area (TPSA) is 260 Å². The molecule has 2 heterocycles. The van der Waals surface area contributed by atoms with E-state index < -0.39 is 37.7 Å². The van der Waals surface area contributed by atoms with Crippen molar-refractivity contribution in [1.29, 1.82) is 15.8 Å². The third-order valence-electron chi connectivity index (χ3n) is 8.00. The van der Waals surface area contributed by atoms with Crippen molar-refractivity contribution in [1.82, 2.24) is 14.7 Å². The van der Waals surface area contributed by atoms with Crippen molar-refractivity contribution < 1.29 is 44.6 Å². The molecule has 0 unspecified atom stereocenters. The van der Waals surface area contributed by atoms with Gasteiger partial charge in [0.05, 0.1) is 17.2 Å². The lowest BCUT2D eigenvalue weighted by Crippen LogP contribution is -2.36. The number of nitrogens with two attached hydrogens (primary N) is 1. The van der Waals surface area contributed by atoms with E-state index in [4.69, 9.17) is 30.4 Å². The minimum absolute atomic E-state index is 0.000833. The summed E-state index contributed by atoms with van der Waals surface area (Å²) in [4.78, 5) is 20.2. The van der Waals surface area contributed by atoms with Crippen LogP contribution in [0.3, 0.4) is 0 Å². The van der Waals surface area contributed by atoms with Crippen molar-refractivity contribution in [2.24, 2.45) is 5.14 Å². The van der Waals surface area contributed by atoms with Crippen LogP contribution in [-0.2, 0) is 29.5 Å². The van der Waals surface area contributed by atoms with Gasteiger partial charge in [-0.05, 0) is 89.9 Å². The van der Waals surface area contributed by atoms with Crippen LogP contribution in [0.15, 0.2) is 60.9 Å². The Kier molecular flexibility index (Phi) is 20.1. The van der Waals surface area contributed by atoms with Crippen LogP contribution in [0.2, 0.25) is 0 Å². The lowest BCUT2D eigenvalue weighted by atomic mass is 9.94. The molecule has 0 saturated heterocycles. The number of nitrogens with zero attached hydrogens (tertiary/aromatic N) is 5. The number of carbonyl (C=O) groups excluding carboxylic acids is 1. The zero-order chi connectivity index (χ0) is 45.0. The molecule has 20 heteroatoms. The second kappa shape index (κ2) is 24.1. The highest BCUT2D eigenvalue weighted by molar-refractivity contribution is 7.90. The summed E-state index contributed by atoms with van der Waals surface area (Å²) in [6.45, 7) is 8.08. The van der Waals surface area contributed by atoms with E-state index in [1.807, 2.05) is 44.6 Å². The zero-order valence-corrected chi connectivity index (χ0v) is 35.5. The van der Waals surface area contributed by atoms with Crippen LogP contribution in [0.4, 0.5) is 19.3 Å². The lowest BCUT2D eigenvalue weighted by Gasteiger charge is -2.19. The molecule has 0 aliphatic carbocycles. The first-order valence-electron chi connectivity index (χ1n) is 18.0. The Bertz CT molecular complexity index is 2450. The molecule has 0 radical (unpaired) electrons. The first-order chi connectivity index (χ1) is 28.3. The van der Waals surface area contributed by atoms with Crippen LogP contribution in [0.5, 0.6) is 5.75 Å². The summed E-state index contributed by atoms with van der Waals surface area (Å²) in [5, 5.41) is 34.1.